The summed E-state index contributed by atoms with van der Waals surface area (Å²) in [5, 5.41) is 14.4. The minimum absolute atomic E-state index is 0.0675. The zero-order valence-corrected chi connectivity index (χ0v) is 13.2. The molecule has 0 aliphatic carbocycles. The number of nitrogens with zero attached hydrogens (tertiary/aromatic N) is 2. The third-order valence-corrected chi connectivity index (χ3v) is 3.88. The van der Waals surface area contributed by atoms with E-state index in [-0.39, 0.29) is 28.5 Å². The van der Waals surface area contributed by atoms with Crippen LogP contribution in [-0.2, 0) is 0 Å². The first-order chi connectivity index (χ1) is 11.3. The Labute approximate surface area is 139 Å². The number of nitrogen functional groups attached to an aromatic ring is 1. The predicted octanol–water partition coefficient (Wildman–Crippen LogP) is 0.930. The van der Waals surface area contributed by atoms with Gasteiger partial charge in [-0.1, -0.05) is 6.07 Å². The van der Waals surface area contributed by atoms with E-state index < -0.39 is 5.91 Å². The van der Waals surface area contributed by atoms with E-state index in [1.807, 2.05) is 6.92 Å². The second kappa shape index (κ2) is 5.49. The first kappa shape index (κ1) is 15.7. The molecule has 0 saturated carbocycles. The molecule has 2 radical (unpaired) electrons. The number of amides is 1. The van der Waals surface area contributed by atoms with Crippen molar-refractivity contribution < 1.29 is 14.3 Å². The molecule has 2 aromatic heterocycles. The number of carbonyl (C=O) groups excluding carboxylic acids is 1. The van der Waals surface area contributed by atoms with Gasteiger partial charge in [0.2, 0.25) is 0 Å². The molecule has 0 spiro atoms. The minimum atomic E-state index is -0.719. The van der Waals surface area contributed by atoms with Crippen molar-refractivity contribution in [2.45, 2.75) is 13.8 Å². The molecule has 1 amide bonds. The monoisotopic (exact) mass is 322 g/mol. The molecule has 0 aliphatic rings. The summed E-state index contributed by atoms with van der Waals surface area (Å²) in [7, 11) is 5.58. The van der Waals surface area contributed by atoms with Crippen molar-refractivity contribution in [3.05, 3.63) is 41.2 Å². The largest absolute Gasteiger partial charge is 0.508 e. The average Bonchev–Trinajstić information content (AvgIpc) is 3.08. The molecule has 5 N–H and O–H groups in total. The number of anilines is 1. The van der Waals surface area contributed by atoms with Crippen LogP contribution in [0.15, 0.2) is 28.9 Å². The van der Waals surface area contributed by atoms with Crippen LogP contribution >= 0.6 is 0 Å². The molecule has 0 unspecified atom stereocenters. The quantitative estimate of drug-likeness (QED) is 0.620. The van der Waals surface area contributed by atoms with E-state index in [2.05, 4.69) is 5.10 Å². The summed E-state index contributed by atoms with van der Waals surface area (Å²) in [4.78, 5) is 11.9. The van der Waals surface area contributed by atoms with Crippen LogP contribution in [0.4, 0.5) is 5.82 Å². The standard InChI is InChI=1S/C16H15BN4O3/c1-7-3-4-10(22)8(2)14(7)21-15(18)12(16(19)23)13(20-21)9-5-11(17)24-6-9/h3-6,22H,18H2,1-2H3,(H2,19,23). The van der Waals surface area contributed by atoms with Crippen LogP contribution in [0.2, 0.25) is 0 Å². The number of aryl methyl sites for hydroxylation is 1. The molecule has 24 heavy (non-hydrogen) atoms. The predicted molar refractivity (Wildman–Crippen MR) is 90.7 cm³/mol. The molecule has 1 aromatic carbocycles. The topological polar surface area (TPSA) is 120 Å². The molecule has 3 rings (SSSR count). The molecule has 0 fully saturated rings. The smallest absolute Gasteiger partial charge is 0.254 e. The average molecular weight is 322 g/mol. The zero-order valence-electron chi connectivity index (χ0n) is 13.2. The maximum atomic E-state index is 11.9. The lowest BCUT2D eigenvalue weighted by atomic mass is 10.0. The van der Waals surface area contributed by atoms with E-state index in [9.17, 15) is 9.90 Å². The fourth-order valence-electron chi connectivity index (χ4n) is 2.67. The van der Waals surface area contributed by atoms with Crippen LogP contribution in [0.3, 0.4) is 0 Å². The molecule has 0 aliphatic heterocycles. The SMILES string of the molecule is [B]c1cc(-c2nn(-c3c(C)ccc(O)c3C)c(N)c2C(N)=O)co1. The minimum Gasteiger partial charge on any atom is -0.508 e. The molecule has 0 bridgehead atoms. The van der Waals surface area contributed by atoms with Crippen LogP contribution in [0.25, 0.3) is 16.9 Å². The van der Waals surface area contributed by atoms with Crippen molar-refractivity contribution in [3.8, 4) is 22.7 Å². The van der Waals surface area contributed by atoms with Crippen LogP contribution in [0, 0.1) is 13.8 Å². The summed E-state index contributed by atoms with van der Waals surface area (Å²) in [5.41, 5.74) is 14.6. The summed E-state index contributed by atoms with van der Waals surface area (Å²) in [5.74, 6) is -0.543. The Hall–Kier alpha value is -3.16. The number of aromatic nitrogens is 2. The Balaban J connectivity index is 2.32. The Morgan fingerprint density at radius 1 is 1.38 bits per heavy atom. The highest BCUT2D eigenvalue weighted by Gasteiger charge is 2.24. The zero-order chi connectivity index (χ0) is 17.6. The van der Waals surface area contributed by atoms with E-state index in [4.69, 9.17) is 23.7 Å². The van der Waals surface area contributed by atoms with Gasteiger partial charge in [-0.05, 0) is 31.5 Å². The number of rotatable bonds is 3. The highest BCUT2D eigenvalue weighted by molar-refractivity contribution is 6.30. The van der Waals surface area contributed by atoms with Gasteiger partial charge in [0.15, 0.2) is 7.85 Å². The van der Waals surface area contributed by atoms with Gasteiger partial charge in [0.1, 0.15) is 22.8 Å². The summed E-state index contributed by atoms with van der Waals surface area (Å²) in [6, 6.07) is 4.85. The number of nitrogens with two attached hydrogens (primary N) is 2. The number of phenolic OH excluding ortho intramolecular Hbond substituents is 1. The number of furan rings is 1. The summed E-state index contributed by atoms with van der Waals surface area (Å²) in [6.07, 6.45) is 1.37. The van der Waals surface area contributed by atoms with E-state index in [0.29, 0.717) is 16.8 Å². The van der Waals surface area contributed by atoms with E-state index in [1.54, 1.807) is 19.1 Å². The van der Waals surface area contributed by atoms with E-state index in [1.165, 1.54) is 17.0 Å². The first-order valence-electron chi connectivity index (χ1n) is 7.13. The maximum absolute atomic E-state index is 11.9. The van der Waals surface area contributed by atoms with Gasteiger partial charge in [-0.3, -0.25) is 4.79 Å². The molecular weight excluding hydrogens is 307 g/mol. The number of hydrogen-bond acceptors (Lipinski definition) is 5. The number of hydrogen-bond donors (Lipinski definition) is 3. The Morgan fingerprint density at radius 3 is 2.67 bits per heavy atom. The molecule has 3 aromatic rings. The number of benzene rings is 1. The maximum Gasteiger partial charge on any atom is 0.254 e. The van der Waals surface area contributed by atoms with Gasteiger partial charge < -0.3 is 21.0 Å². The molecule has 2 heterocycles. The molecular formula is C16H15BN4O3. The van der Waals surface area contributed by atoms with Crippen LogP contribution in [0.1, 0.15) is 21.5 Å². The van der Waals surface area contributed by atoms with Crippen molar-refractivity contribution >= 4 is 25.2 Å². The second-order valence-electron chi connectivity index (χ2n) is 5.50. The van der Waals surface area contributed by atoms with Crippen molar-refractivity contribution in [3.63, 3.8) is 0 Å². The van der Waals surface area contributed by atoms with Gasteiger partial charge in [-0.25, -0.2) is 4.68 Å². The lowest BCUT2D eigenvalue weighted by Gasteiger charge is -2.12. The lowest BCUT2D eigenvalue weighted by Crippen LogP contribution is -2.14. The highest BCUT2D eigenvalue weighted by atomic mass is 16.3. The summed E-state index contributed by atoms with van der Waals surface area (Å²) in [6.45, 7) is 3.58. The van der Waals surface area contributed by atoms with E-state index >= 15 is 0 Å². The number of carbonyl (C=O) groups is 1. The summed E-state index contributed by atoms with van der Waals surface area (Å²) < 4.78 is 6.46. The number of phenols is 1. The Kier molecular flexibility index (Phi) is 3.59. The fourth-order valence-corrected chi connectivity index (χ4v) is 2.67. The Bertz CT molecular complexity index is 959. The molecule has 0 saturated heterocycles. The molecule has 7 nitrogen and oxygen atoms in total. The van der Waals surface area contributed by atoms with Crippen LogP contribution < -0.4 is 17.1 Å². The van der Waals surface area contributed by atoms with Gasteiger partial charge in [0.25, 0.3) is 5.91 Å². The highest BCUT2D eigenvalue weighted by Crippen LogP contribution is 2.33. The Morgan fingerprint density at radius 2 is 2.08 bits per heavy atom. The van der Waals surface area contributed by atoms with Crippen molar-refractivity contribution in [1.29, 1.82) is 0 Å². The van der Waals surface area contributed by atoms with Gasteiger partial charge >= 0.3 is 0 Å². The number of aromatic hydroxyl groups is 1. The third-order valence-electron chi connectivity index (χ3n) is 3.88. The molecule has 8 heteroatoms. The lowest BCUT2D eigenvalue weighted by molar-refractivity contribution is 0.100. The number of primary amides is 1. The van der Waals surface area contributed by atoms with Gasteiger partial charge in [-0.2, -0.15) is 5.10 Å². The second-order valence-corrected chi connectivity index (χ2v) is 5.50. The van der Waals surface area contributed by atoms with Gasteiger partial charge in [0.05, 0.1) is 12.0 Å². The third kappa shape index (κ3) is 2.32. The molecule has 120 valence electrons. The first-order valence-corrected chi connectivity index (χ1v) is 7.13. The molecule has 0 atom stereocenters. The van der Waals surface area contributed by atoms with Gasteiger partial charge in [0, 0.05) is 16.8 Å². The summed E-state index contributed by atoms with van der Waals surface area (Å²) >= 11 is 0. The van der Waals surface area contributed by atoms with Gasteiger partial charge in [-0.15, -0.1) is 0 Å². The van der Waals surface area contributed by atoms with Crippen molar-refractivity contribution in [2.75, 3.05) is 5.73 Å². The van der Waals surface area contributed by atoms with E-state index in [0.717, 1.165) is 5.56 Å². The van der Waals surface area contributed by atoms with Crippen LogP contribution in [-0.4, -0.2) is 28.6 Å². The fraction of sp³-hybridized carbons (Fsp3) is 0.125. The van der Waals surface area contributed by atoms with Crippen LogP contribution in [0.5, 0.6) is 5.75 Å². The normalized spacial score (nSPS) is 10.9. The van der Waals surface area contributed by atoms with Crippen molar-refractivity contribution in [2.24, 2.45) is 5.73 Å². The van der Waals surface area contributed by atoms with Crippen molar-refractivity contribution in [1.82, 2.24) is 9.78 Å².